The lowest BCUT2D eigenvalue weighted by molar-refractivity contribution is -0.181. The molecule has 2 rings (SSSR count). The molecule has 1 heterocycles. The van der Waals surface area contributed by atoms with Gasteiger partial charge in [-0.3, -0.25) is 9.89 Å². The molecule has 0 aromatic heterocycles. The van der Waals surface area contributed by atoms with E-state index in [-0.39, 0.29) is 24.0 Å². The molecule has 0 spiro atoms. The van der Waals surface area contributed by atoms with Crippen molar-refractivity contribution >= 4 is 29.9 Å². The minimum atomic E-state index is -4.19. The van der Waals surface area contributed by atoms with Crippen LogP contribution in [0.2, 0.25) is 0 Å². The molecule has 0 aliphatic carbocycles. The van der Waals surface area contributed by atoms with Crippen molar-refractivity contribution in [2.24, 2.45) is 4.99 Å². The number of aryl methyl sites for hydroxylation is 1. The van der Waals surface area contributed by atoms with Crippen molar-refractivity contribution in [1.29, 1.82) is 0 Å². The number of nitrogens with one attached hydrogen (secondary N) is 1. The van der Waals surface area contributed by atoms with Crippen LogP contribution in [0.4, 0.5) is 13.2 Å². The Balaban J connectivity index is 0.00000364. The summed E-state index contributed by atoms with van der Waals surface area (Å²) in [4.78, 5) is 7.73. The molecule has 1 atom stereocenters. The number of hydrogen-bond acceptors (Lipinski definition) is 3. The molecule has 0 saturated carbocycles. The zero-order chi connectivity index (χ0) is 19.3. The lowest BCUT2D eigenvalue weighted by Crippen LogP contribution is -2.56. The molecule has 1 saturated heterocycles. The Morgan fingerprint density at radius 3 is 2.37 bits per heavy atom. The van der Waals surface area contributed by atoms with Gasteiger partial charge in [0.1, 0.15) is 11.8 Å². The van der Waals surface area contributed by atoms with Gasteiger partial charge in [-0.15, -0.1) is 24.0 Å². The average molecular weight is 500 g/mol. The summed E-state index contributed by atoms with van der Waals surface area (Å²) in [5, 5.41) is 3.29. The number of guanidine groups is 1. The van der Waals surface area contributed by atoms with E-state index in [0.717, 1.165) is 16.9 Å². The van der Waals surface area contributed by atoms with E-state index in [1.807, 2.05) is 24.0 Å². The monoisotopic (exact) mass is 500 g/mol. The summed E-state index contributed by atoms with van der Waals surface area (Å²) in [6.45, 7) is 5.54. The molecule has 0 radical (unpaired) electrons. The lowest BCUT2D eigenvalue weighted by Gasteiger charge is -2.39. The van der Waals surface area contributed by atoms with Crippen molar-refractivity contribution in [1.82, 2.24) is 15.1 Å². The van der Waals surface area contributed by atoms with E-state index in [2.05, 4.69) is 16.4 Å². The molecule has 0 bridgehead atoms. The van der Waals surface area contributed by atoms with E-state index in [0.29, 0.717) is 38.7 Å². The van der Waals surface area contributed by atoms with E-state index < -0.39 is 12.2 Å². The van der Waals surface area contributed by atoms with Crippen LogP contribution in [0.1, 0.15) is 18.1 Å². The van der Waals surface area contributed by atoms with E-state index in [1.165, 1.54) is 11.8 Å². The SMILES string of the molecule is CN=C(NCc1cc(C)cc(OC)c1)N1CCN(C(C)C(F)(F)F)CC1.I. The van der Waals surface area contributed by atoms with Gasteiger partial charge in [-0.1, -0.05) is 6.07 Å². The molecular weight excluding hydrogens is 472 g/mol. The second-order valence-electron chi connectivity index (χ2n) is 6.50. The zero-order valence-electron chi connectivity index (χ0n) is 16.1. The van der Waals surface area contributed by atoms with E-state index in [1.54, 1.807) is 14.2 Å². The molecule has 1 fully saturated rings. The minimum Gasteiger partial charge on any atom is -0.497 e. The van der Waals surface area contributed by atoms with Crippen LogP contribution in [-0.4, -0.2) is 68.3 Å². The first-order valence-electron chi connectivity index (χ1n) is 8.65. The number of alkyl halides is 3. The molecule has 1 aliphatic rings. The normalized spacial score (nSPS) is 17.3. The van der Waals surface area contributed by atoms with Crippen molar-refractivity contribution in [3.8, 4) is 5.75 Å². The Morgan fingerprint density at radius 1 is 1.22 bits per heavy atom. The molecule has 9 heteroatoms. The summed E-state index contributed by atoms with van der Waals surface area (Å²) in [6, 6.07) is 4.56. The first-order chi connectivity index (χ1) is 12.2. The molecule has 27 heavy (non-hydrogen) atoms. The number of piperazine rings is 1. The largest absolute Gasteiger partial charge is 0.497 e. The maximum atomic E-state index is 12.9. The number of nitrogens with zero attached hydrogens (tertiary/aromatic N) is 3. The van der Waals surface area contributed by atoms with Gasteiger partial charge < -0.3 is 15.0 Å². The van der Waals surface area contributed by atoms with Crippen molar-refractivity contribution in [3.63, 3.8) is 0 Å². The second-order valence-corrected chi connectivity index (χ2v) is 6.50. The molecule has 154 valence electrons. The van der Waals surface area contributed by atoms with E-state index in [4.69, 9.17) is 4.74 Å². The predicted octanol–water partition coefficient (Wildman–Crippen LogP) is 3.27. The third-order valence-corrected chi connectivity index (χ3v) is 4.64. The van der Waals surface area contributed by atoms with Crippen LogP contribution in [0, 0.1) is 6.92 Å². The summed E-state index contributed by atoms with van der Waals surface area (Å²) >= 11 is 0. The van der Waals surface area contributed by atoms with Crippen LogP contribution in [0.15, 0.2) is 23.2 Å². The predicted molar refractivity (Wildman–Crippen MR) is 112 cm³/mol. The van der Waals surface area contributed by atoms with Crippen molar-refractivity contribution in [3.05, 3.63) is 29.3 Å². The molecule has 1 aliphatic heterocycles. The number of aliphatic imine (C=N–C) groups is 1. The first-order valence-corrected chi connectivity index (χ1v) is 8.65. The molecule has 0 amide bonds. The highest BCUT2D eigenvalue weighted by Gasteiger charge is 2.41. The van der Waals surface area contributed by atoms with E-state index >= 15 is 0 Å². The topological polar surface area (TPSA) is 40.1 Å². The summed E-state index contributed by atoms with van der Waals surface area (Å²) in [6.07, 6.45) is -4.19. The Hall–Kier alpha value is -1.23. The van der Waals surface area contributed by atoms with Gasteiger partial charge in [0.05, 0.1) is 7.11 Å². The summed E-state index contributed by atoms with van der Waals surface area (Å²) in [5.74, 6) is 1.50. The third kappa shape index (κ3) is 6.70. The molecule has 1 unspecified atom stereocenters. The lowest BCUT2D eigenvalue weighted by atomic mass is 10.1. The highest BCUT2D eigenvalue weighted by molar-refractivity contribution is 14.0. The molecule has 1 aromatic carbocycles. The van der Waals surface area contributed by atoms with Crippen molar-refractivity contribution in [2.45, 2.75) is 32.6 Å². The van der Waals surface area contributed by atoms with E-state index in [9.17, 15) is 13.2 Å². The van der Waals surface area contributed by atoms with Gasteiger partial charge in [0.15, 0.2) is 5.96 Å². The summed E-state index contributed by atoms with van der Waals surface area (Å²) in [7, 11) is 3.32. The summed E-state index contributed by atoms with van der Waals surface area (Å²) < 4.78 is 43.9. The quantitative estimate of drug-likeness (QED) is 0.392. The highest BCUT2D eigenvalue weighted by atomic mass is 127. The highest BCUT2D eigenvalue weighted by Crippen LogP contribution is 2.25. The molecular formula is C18H28F3IN4O. The fraction of sp³-hybridized carbons (Fsp3) is 0.611. The van der Waals surface area contributed by atoms with Gasteiger partial charge >= 0.3 is 6.18 Å². The standard InChI is InChI=1S/C18H27F3N4O.HI/c1-13-9-15(11-16(10-13)26-4)12-23-17(22-3)25-7-5-24(6-8-25)14(2)18(19,20)21;/h9-11,14H,5-8,12H2,1-4H3,(H,22,23);1H. The second kappa shape index (κ2) is 10.4. The smallest absolute Gasteiger partial charge is 0.403 e. The van der Waals surface area contributed by atoms with Gasteiger partial charge in [-0.05, 0) is 37.1 Å². The van der Waals surface area contributed by atoms with Gasteiger partial charge in [0.2, 0.25) is 0 Å². The number of hydrogen-bond donors (Lipinski definition) is 1. The number of methoxy groups -OCH3 is 1. The molecule has 1 aromatic rings. The van der Waals surface area contributed by atoms with Crippen LogP contribution in [0.5, 0.6) is 5.75 Å². The Morgan fingerprint density at radius 2 is 1.85 bits per heavy atom. The summed E-state index contributed by atoms with van der Waals surface area (Å²) in [5.41, 5.74) is 2.17. The van der Waals surface area contributed by atoms with Crippen LogP contribution in [-0.2, 0) is 6.54 Å². The third-order valence-electron chi connectivity index (χ3n) is 4.64. The van der Waals surface area contributed by atoms with Gasteiger partial charge in [-0.2, -0.15) is 13.2 Å². The van der Waals surface area contributed by atoms with Gasteiger partial charge in [-0.25, -0.2) is 0 Å². The Kier molecular flexibility index (Phi) is 9.13. The van der Waals surface area contributed by atoms with Gasteiger partial charge in [0, 0.05) is 39.8 Å². The molecule has 5 nitrogen and oxygen atoms in total. The number of halogens is 4. The fourth-order valence-electron chi connectivity index (χ4n) is 3.09. The first kappa shape index (κ1) is 23.8. The van der Waals surface area contributed by atoms with Crippen LogP contribution >= 0.6 is 24.0 Å². The maximum Gasteiger partial charge on any atom is 0.403 e. The van der Waals surface area contributed by atoms with Crippen LogP contribution in [0.25, 0.3) is 0 Å². The maximum absolute atomic E-state index is 12.9. The fourth-order valence-corrected chi connectivity index (χ4v) is 3.09. The average Bonchev–Trinajstić information content (AvgIpc) is 2.61. The Bertz CT molecular complexity index is 632. The number of benzene rings is 1. The van der Waals surface area contributed by atoms with Crippen molar-refractivity contribution < 1.29 is 17.9 Å². The number of ether oxygens (including phenoxy) is 1. The molecule has 1 N–H and O–H groups in total. The Labute approximate surface area is 176 Å². The zero-order valence-corrected chi connectivity index (χ0v) is 18.5. The van der Waals surface area contributed by atoms with Gasteiger partial charge in [0.25, 0.3) is 0 Å². The minimum absolute atomic E-state index is 0. The van der Waals surface area contributed by atoms with Crippen LogP contribution in [0.3, 0.4) is 0 Å². The van der Waals surface area contributed by atoms with Crippen LogP contribution < -0.4 is 10.1 Å². The number of rotatable bonds is 4. The van der Waals surface area contributed by atoms with Crippen molar-refractivity contribution in [2.75, 3.05) is 40.3 Å².